The lowest BCUT2D eigenvalue weighted by molar-refractivity contribution is 0.0427. The molecule has 3 rings (SSSR count). The molecule has 30 heavy (non-hydrogen) atoms. The van der Waals surface area contributed by atoms with Crippen LogP contribution in [0.15, 0.2) is 24.3 Å². The first-order valence-electron chi connectivity index (χ1n) is 10.8. The van der Waals surface area contributed by atoms with Gasteiger partial charge >= 0.3 is 12.2 Å². The van der Waals surface area contributed by atoms with Crippen LogP contribution >= 0.6 is 0 Å². The van der Waals surface area contributed by atoms with Crippen molar-refractivity contribution in [1.29, 1.82) is 0 Å². The number of aliphatic hydroxyl groups excluding tert-OH is 1. The fraction of sp³-hybridized carbons (Fsp3) is 0.652. The zero-order valence-electron chi connectivity index (χ0n) is 18.3. The van der Waals surface area contributed by atoms with Crippen LogP contribution in [0.2, 0.25) is 0 Å². The van der Waals surface area contributed by atoms with E-state index in [4.69, 9.17) is 14.6 Å². The zero-order valence-corrected chi connectivity index (χ0v) is 18.3. The van der Waals surface area contributed by atoms with Gasteiger partial charge in [0.2, 0.25) is 0 Å². The predicted molar refractivity (Wildman–Crippen MR) is 113 cm³/mol. The highest BCUT2D eigenvalue weighted by Gasteiger charge is 2.53. The van der Waals surface area contributed by atoms with Gasteiger partial charge in [-0.2, -0.15) is 0 Å². The normalized spacial score (nSPS) is 25.5. The van der Waals surface area contributed by atoms with Gasteiger partial charge in [-0.3, -0.25) is 0 Å². The van der Waals surface area contributed by atoms with Crippen molar-refractivity contribution in [3.05, 3.63) is 35.4 Å². The van der Waals surface area contributed by atoms with Crippen molar-refractivity contribution in [2.75, 3.05) is 6.61 Å². The third kappa shape index (κ3) is 5.88. The summed E-state index contributed by atoms with van der Waals surface area (Å²) in [5.41, 5.74) is 0.695. The number of hydrogen-bond acceptors (Lipinski definition) is 5. The Labute approximate surface area is 178 Å². The van der Waals surface area contributed by atoms with Crippen LogP contribution in [0.25, 0.3) is 0 Å². The minimum absolute atomic E-state index is 0.0897. The van der Waals surface area contributed by atoms with Crippen LogP contribution in [-0.4, -0.2) is 40.6 Å². The summed E-state index contributed by atoms with van der Waals surface area (Å²) in [6, 6.07) is 7.68. The molecule has 2 saturated carbocycles. The van der Waals surface area contributed by atoms with Gasteiger partial charge in [-0.1, -0.05) is 24.3 Å². The van der Waals surface area contributed by atoms with Crippen LogP contribution in [0.1, 0.15) is 70.4 Å². The molecule has 166 valence electrons. The van der Waals surface area contributed by atoms with Crippen molar-refractivity contribution < 1.29 is 24.2 Å². The largest absolute Gasteiger partial charge is 0.445 e. The van der Waals surface area contributed by atoms with Crippen LogP contribution in [0, 0.1) is 0 Å². The number of rotatable bonds is 6. The number of benzene rings is 1. The Balaban J connectivity index is 1.54. The highest BCUT2D eigenvalue weighted by Crippen LogP contribution is 2.48. The molecule has 1 aromatic rings. The molecule has 2 atom stereocenters. The number of nitrogens with one attached hydrogen (secondary N) is 2. The van der Waals surface area contributed by atoms with E-state index in [1.807, 2.05) is 45.0 Å². The number of fused-ring (bicyclic) bond motifs is 2. The fourth-order valence-corrected chi connectivity index (χ4v) is 4.76. The van der Waals surface area contributed by atoms with Crippen LogP contribution in [0.5, 0.6) is 0 Å². The second-order valence-corrected chi connectivity index (χ2v) is 9.71. The molecule has 3 N–H and O–H groups in total. The molecule has 0 radical (unpaired) electrons. The van der Waals surface area contributed by atoms with Crippen molar-refractivity contribution in [2.24, 2.45) is 0 Å². The maximum Gasteiger partial charge on any atom is 0.408 e. The van der Waals surface area contributed by atoms with Crippen molar-refractivity contribution in [3.8, 4) is 0 Å². The molecule has 0 heterocycles. The smallest absolute Gasteiger partial charge is 0.408 e. The third-order valence-corrected chi connectivity index (χ3v) is 5.96. The third-order valence-electron chi connectivity index (χ3n) is 5.96. The van der Waals surface area contributed by atoms with E-state index in [0.29, 0.717) is 12.8 Å². The summed E-state index contributed by atoms with van der Waals surface area (Å²) in [6.45, 7) is 5.82. The lowest BCUT2D eigenvalue weighted by Gasteiger charge is -2.40. The summed E-state index contributed by atoms with van der Waals surface area (Å²) in [5.74, 6) is 0. The number of amides is 2. The predicted octanol–water partition coefficient (Wildman–Crippen LogP) is 3.82. The summed E-state index contributed by atoms with van der Waals surface area (Å²) >= 11 is 0. The molecule has 2 unspecified atom stereocenters. The first kappa shape index (κ1) is 22.4. The monoisotopic (exact) mass is 418 g/mol. The van der Waals surface area contributed by atoms with Crippen LogP contribution < -0.4 is 10.6 Å². The Kier molecular flexibility index (Phi) is 6.60. The molecule has 0 saturated heterocycles. The van der Waals surface area contributed by atoms with Crippen molar-refractivity contribution in [2.45, 2.75) is 89.0 Å². The topological polar surface area (TPSA) is 96.9 Å². The van der Waals surface area contributed by atoms with E-state index in [-0.39, 0.29) is 24.3 Å². The van der Waals surface area contributed by atoms with E-state index >= 15 is 0 Å². The average molecular weight is 419 g/mol. The summed E-state index contributed by atoms with van der Waals surface area (Å²) < 4.78 is 10.9. The molecule has 7 heteroatoms. The summed E-state index contributed by atoms with van der Waals surface area (Å²) in [6.07, 6.45) is 4.77. The maximum absolute atomic E-state index is 12.5. The lowest BCUT2D eigenvalue weighted by atomic mass is 9.78. The van der Waals surface area contributed by atoms with Gasteiger partial charge in [-0.25, -0.2) is 9.59 Å². The molecule has 2 bridgehead atoms. The molecule has 0 spiro atoms. The Morgan fingerprint density at radius 1 is 1.03 bits per heavy atom. The Morgan fingerprint density at radius 2 is 1.67 bits per heavy atom. The van der Waals surface area contributed by atoms with Crippen LogP contribution in [-0.2, 0) is 22.5 Å². The quantitative estimate of drug-likeness (QED) is 0.653. The molecule has 0 aromatic heterocycles. The van der Waals surface area contributed by atoms with Gasteiger partial charge in [0.25, 0.3) is 0 Å². The molecule has 2 amide bonds. The summed E-state index contributed by atoms with van der Waals surface area (Å²) in [7, 11) is 0. The van der Waals surface area contributed by atoms with E-state index in [9.17, 15) is 9.59 Å². The first-order valence-corrected chi connectivity index (χ1v) is 10.8. The minimum Gasteiger partial charge on any atom is -0.445 e. The van der Waals surface area contributed by atoms with E-state index in [0.717, 1.165) is 43.2 Å². The van der Waals surface area contributed by atoms with Crippen molar-refractivity contribution in [3.63, 3.8) is 0 Å². The van der Waals surface area contributed by atoms with Gasteiger partial charge in [-0.05, 0) is 76.8 Å². The number of carbonyl (C=O) groups is 2. The fourth-order valence-electron chi connectivity index (χ4n) is 4.76. The second kappa shape index (κ2) is 8.84. The Morgan fingerprint density at radius 3 is 2.30 bits per heavy atom. The van der Waals surface area contributed by atoms with E-state index < -0.39 is 17.8 Å². The minimum atomic E-state index is -0.540. The van der Waals surface area contributed by atoms with Crippen molar-refractivity contribution >= 4 is 12.2 Å². The number of hydrogen-bond donors (Lipinski definition) is 3. The zero-order chi connectivity index (χ0) is 21.8. The summed E-state index contributed by atoms with van der Waals surface area (Å²) in [4.78, 5) is 24.8. The van der Waals surface area contributed by atoms with Gasteiger partial charge < -0.3 is 25.2 Å². The number of aliphatic hydroxyl groups is 1. The van der Waals surface area contributed by atoms with E-state index in [1.165, 1.54) is 0 Å². The van der Waals surface area contributed by atoms with Crippen LogP contribution in [0.3, 0.4) is 0 Å². The highest BCUT2D eigenvalue weighted by molar-refractivity contribution is 5.70. The van der Waals surface area contributed by atoms with E-state index in [1.54, 1.807) is 0 Å². The molecule has 1 aromatic carbocycles. The van der Waals surface area contributed by atoms with Gasteiger partial charge in [0.05, 0.1) is 0 Å². The highest BCUT2D eigenvalue weighted by atomic mass is 16.6. The van der Waals surface area contributed by atoms with E-state index in [2.05, 4.69) is 10.6 Å². The standard InChI is InChI=1S/C23H34N2O5/c1-21(2,3)30-20(28)25-23-10-5-9-22(16-23,11-12-23)24-19(27)29-15-18-7-4-6-17(14-18)8-13-26/h4,6-7,14,26H,5,8-13,15-16H2,1-3H3,(H,24,27)(H,25,28). The SMILES string of the molecule is CC(C)(C)OC(=O)NC12CCCC(NC(=O)OCc3cccc(CCO)c3)(CC1)C2. The first-order chi connectivity index (χ1) is 14.1. The van der Waals surface area contributed by atoms with Gasteiger partial charge in [0.15, 0.2) is 0 Å². The Bertz CT molecular complexity index is 775. The van der Waals surface area contributed by atoms with Gasteiger partial charge in [-0.15, -0.1) is 0 Å². The Hall–Kier alpha value is -2.28. The average Bonchev–Trinajstić information content (AvgIpc) is 2.88. The number of ether oxygens (including phenoxy) is 2. The molecule has 2 aliphatic rings. The summed E-state index contributed by atoms with van der Waals surface area (Å²) in [5, 5.41) is 15.2. The number of alkyl carbamates (subject to hydrolysis) is 2. The van der Waals surface area contributed by atoms with Gasteiger partial charge in [0, 0.05) is 17.7 Å². The molecule has 0 aliphatic heterocycles. The lowest BCUT2D eigenvalue weighted by Crippen LogP contribution is -2.55. The number of carbonyl (C=O) groups excluding carboxylic acids is 2. The molecule has 2 aliphatic carbocycles. The van der Waals surface area contributed by atoms with Crippen LogP contribution in [0.4, 0.5) is 9.59 Å². The molecular weight excluding hydrogens is 384 g/mol. The van der Waals surface area contributed by atoms with Crippen molar-refractivity contribution in [1.82, 2.24) is 10.6 Å². The maximum atomic E-state index is 12.5. The second-order valence-electron chi connectivity index (χ2n) is 9.71. The molecule has 2 fully saturated rings. The molecule has 7 nitrogen and oxygen atoms in total. The van der Waals surface area contributed by atoms with Gasteiger partial charge in [0.1, 0.15) is 12.2 Å². The molecular formula is C23H34N2O5.